The first-order valence-electron chi connectivity index (χ1n) is 8.91. The van der Waals surface area contributed by atoms with Crippen molar-refractivity contribution in [1.29, 1.82) is 0 Å². The van der Waals surface area contributed by atoms with Crippen LogP contribution in [0.5, 0.6) is 0 Å². The van der Waals surface area contributed by atoms with Crippen LogP contribution in [-0.4, -0.2) is 6.88 Å². The predicted molar refractivity (Wildman–Crippen MR) is 129 cm³/mol. The van der Waals surface area contributed by atoms with E-state index in [9.17, 15) is 0 Å². The van der Waals surface area contributed by atoms with Gasteiger partial charge in [-0.05, 0) is 6.42 Å². The van der Waals surface area contributed by atoms with E-state index in [0.29, 0.717) is 0 Å². The second-order valence-electron chi connectivity index (χ2n) is 5.55. The van der Waals surface area contributed by atoms with Crippen LogP contribution >= 0.6 is 24.8 Å². The van der Waals surface area contributed by atoms with Gasteiger partial charge in [-0.1, -0.05) is 35.4 Å². The maximum absolute atomic E-state index is 3.30. The van der Waals surface area contributed by atoms with Gasteiger partial charge < -0.3 is 12.8 Å². The average Bonchev–Trinajstić information content (AvgIpc) is 3.36. The molecule has 0 radical (unpaired) electrons. The summed E-state index contributed by atoms with van der Waals surface area (Å²) in [6, 6.07) is 18.1. The molecule has 0 amide bonds. The van der Waals surface area contributed by atoms with Crippen molar-refractivity contribution in [2.24, 2.45) is 0 Å². The van der Waals surface area contributed by atoms with Crippen molar-refractivity contribution < 1.29 is 23.3 Å². The summed E-state index contributed by atoms with van der Waals surface area (Å²) in [6.07, 6.45) is 15.0. The summed E-state index contributed by atoms with van der Waals surface area (Å²) in [5.41, 5.74) is 5.51. The molecule has 0 nitrogen and oxygen atoms in total. The van der Waals surface area contributed by atoms with Crippen LogP contribution in [0.25, 0.3) is 11.1 Å². The van der Waals surface area contributed by atoms with Gasteiger partial charge in [-0.2, -0.15) is 63.6 Å². The Labute approximate surface area is 202 Å². The van der Waals surface area contributed by atoms with Gasteiger partial charge in [0.2, 0.25) is 0 Å². The van der Waals surface area contributed by atoms with Gasteiger partial charge in [-0.3, -0.25) is 6.08 Å². The molecule has 2 aliphatic carbocycles. The summed E-state index contributed by atoms with van der Waals surface area (Å²) in [5, 5.41) is 0. The molecule has 0 fully saturated rings. The van der Waals surface area contributed by atoms with Crippen LogP contribution in [-0.2, 0) is 29.8 Å². The van der Waals surface area contributed by atoms with Gasteiger partial charge in [0.15, 0.2) is 0 Å². The molecule has 0 saturated carbocycles. The molecule has 4 heteroatoms. The molecule has 0 N–H and O–H groups in total. The molecule has 0 aliphatic heterocycles. The smallest absolute Gasteiger partial charge is 0.0253 e. The molecule has 0 saturated heterocycles. The van der Waals surface area contributed by atoms with Crippen molar-refractivity contribution in [3.63, 3.8) is 0 Å². The van der Waals surface area contributed by atoms with Crippen molar-refractivity contribution in [3.05, 3.63) is 96.8 Å². The number of fused-ring (bicyclic) bond motifs is 3. The molecule has 0 spiro atoms. The van der Waals surface area contributed by atoms with Gasteiger partial charge >= 0.3 is 30.2 Å². The average molecular weight is 511 g/mol. The Morgan fingerprint density at radius 2 is 1.46 bits per heavy atom. The number of allylic oxidation sites excluding steroid dienone is 4. The second kappa shape index (κ2) is 22.9. The third-order valence-electron chi connectivity index (χ3n) is 3.20. The third-order valence-corrected chi connectivity index (χ3v) is 3.20. The molecule has 4 rings (SSSR count). The second-order valence-corrected chi connectivity index (χ2v) is 5.55. The van der Waals surface area contributed by atoms with Crippen LogP contribution in [0.3, 0.4) is 0 Å². The Hall–Kier alpha value is -0.400. The van der Waals surface area contributed by atoms with Gasteiger partial charge in [-0.15, -0.1) is 36.8 Å². The van der Waals surface area contributed by atoms with E-state index in [1.807, 2.05) is 65.6 Å². The van der Waals surface area contributed by atoms with Crippen LogP contribution in [0.4, 0.5) is 0 Å². The van der Waals surface area contributed by atoms with Gasteiger partial charge in [0.25, 0.3) is 0 Å². The SMILES string of the molecule is C[CH-]C.C[CH-]C.Cl.Cl.[C-]1=CC=CC1.[SiH2]=[Zr].[c-]1cccc2c1Cc1ccccc1-2. The standard InChI is InChI=1S/C13H9.C5H5.2C3H7.2ClH.H2Si.Zr/c1-3-7-12-10(5-1)9-11-6-2-4-8-13(11)12;1-2-4-5-3-1;2*1-3-2;;;;/h1-5,7-8H,9H2;1-3H,4H2;2*3H,1-2H3;2*1H;1H2;/q4*-1;;;;. The summed E-state index contributed by atoms with van der Waals surface area (Å²) < 4.78 is 0. The fraction of sp³-hybridized carbons (Fsp3) is 0.250. The van der Waals surface area contributed by atoms with Crippen LogP contribution in [0, 0.1) is 25.0 Å². The van der Waals surface area contributed by atoms with Gasteiger partial charge in [-0.25, -0.2) is 12.2 Å². The minimum atomic E-state index is 0. The van der Waals surface area contributed by atoms with E-state index in [1.165, 1.54) is 22.3 Å². The molecular formula is C24H32Cl2SiZr-4. The summed E-state index contributed by atoms with van der Waals surface area (Å²) in [6.45, 7) is 9.95. The van der Waals surface area contributed by atoms with E-state index >= 15 is 0 Å². The molecule has 154 valence electrons. The van der Waals surface area contributed by atoms with E-state index in [1.54, 1.807) is 23.3 Å². The van der Waals surface area contributed by atoms with Crippen LogP contribution in [0.15, 0.2) is 60.7 Å². The van der Waals surface area contributed by atoms with Crippen molar-refractivity contribution in [1.82, 2.24) is 0 Å². The summed E-state index contributed by atoms with van der Waals surface area (Å²) in [5.74, 6) is 0. The third kappa shape index (κ3) is 12.9. The number of hydrogen-bond acceptors (Lipinski definition) is 0. The van der Waals surface area contributed by atoms with E-state index < -0.39 is 0 Å². The zero-order valence-corrected chi connectivity index (χ0v) is 22.9. The molecule has 0 unspecified atom stereocenters. The zero-order valence-electron chi connectivity index (χ0n) is 17.4. The van der Waals surface area contributed by atoms with Gasteiger partial charge in [0.05, 0.1) is 0 Å². The Kier molecular flexibility index (Phi) is 26.4. The molecule has 2 aromatic carbocycles. The molecule has 0 aromatic heterocycles. The largest absolute Gasteiger partial charge is 0.179 e. The number of hydrogen-bond donors (Lipinski definition) is 0. The summed E-state index contributed by atoms with van der Waals surface area (Å²) >= 11 is 1.58. The van der Waals surface area contributed by atoms with Crippen molar-refractivity contribution >= 4 is 31.7 Å². The molecule has 0 atom stereocenters. The molecule has 28 heavy (non-hydrogen) atoms. The normalized spacial score (nSPS) is 10.2. The van der Waals surface area contributed by atoms with Crippen molar-refractivity contribution in [2.45, 2.75) is 40.5 Å². The fourth-order valence-electron chi connectivity index (χ4n) is 2.34. The van der Waals surface area contributed by atoms with E-state index in [2.05, 4.69) is 54.6 Å². The van der Waals surface area contributed by atoms with Crippen LogP contribution in [0.1, 0.15) is 45.2 Å². The maximum Gasteiger partial charge on any atom is -0.0253 e. The minimum Gasteiger partial charge on any atom is -0.179 e. The maximum atomic E-state index is 3.30. The van der Waals surface area contributed by atoms with Crippen molar-refractivity contribution in [2.75, 3.05) is 0 Å². The molecule has 0 heterocycles. The number of halogens is 2. The molecular weight excluding hydrogens is 478 g/mol. The molecule has 2 aliphatic rings. The molecule has 2 aromatic rings. The summed E-state index contributed by atoms with van der Waals surface area (Å²) in [4.78, 5) is 0. The predicted octanol–water partition coefficient (Wildman–Crippen LogP) is 6.75. The van der Waals surface area contributed by atoms with E-state index in [4.69, 9.17) is 0 Å². The Bertz CT molecular complexity index is 614. The summed E-state index contributed by atoms with van der Waals surface area (Å²) in [7, 11) is 0. The Morgan fingerprint density at radius 3 is 1.96 bits per heavy atom. The first-order valence-corrected chi connectivity index (χ1v) is 14.8. The Balaban J connectivity index is -0.000000354. The van der Waals surface area contributed by atoms with Gasteiger partial charge in [0, 0.05) is 0 Å². The number of rotatable bonds is 0. The minimum absolute atomic E-state index is 0. The fourth-order valence-corrected chi connectivity index (χ4v) is 2.34. The quantitative estimate of drug-likeness (QED) is 0.232. The Morgan fingerprint density at radius 1 is 0.893 bits per heavy atom. The van der Waals surface area contributed by atoms with Crippen LogP contribution < -0.4 is 0 Å². The zero-order chi connectivity index (χ0) is 19.6. The number of benzene rings is 2. The van der Waals surface area contributed by atoms with E-state index in [-0.39, 0.29) is 24.8 Å². The van der Waals surface area contributed by atoms with E-state index in [0.717, 1.165) is 12.8 Å². The monoisotopic (exact) mass is 508 g/mol. The first-order chi connectivity index (χ1) is 12.8. The first kappa shape index (κ1) is 32.3. The molecule has 0 bridgehead atoms. The topological polar surface area (TPSA) is 0 Å². The van der Waals surface area contributed by atoms with Crippen molar-refractivity contribution in [3.8, 4) is 11.1 Å². The van der Waals surface area contributed by atoms with Crippen LogP contribution in [0.2, 0.25) is 0 Å². The van der Waals surface area contributed by atoms with Gasteiger partial charge in [0.1, 0.15) is 0 Å².